The van der Waals surface area contributed by atoms with Gasteiger partial charge in [-0.1, -0.05) is 6.07 Å². The van der Waals surface area contributed by atoms with Gasteiger partial charge in [0.05, 0.1) is 0 Å². The number of carbonyl (C=O) groups excluding carboxylic acids is 1. The minimum Gasteiger partial charge on any atom is -0.508 e. The highest BCUT2D eigenvalue weighted by Gasteiger charge is 2.25. The number of aryl methyl sites for hydroxylation is 1. The number of anilines is 1. The minimum absolute atomic E-state index is 0.0480. The van der Waals surface area contributed by atoms with E-state index < -0.39 is 0 Å². The van der Waals surface area contributed by atoms with E-state index in [4.69, 9.17) is 0 Å². The van der Waals surface area contributed by atoms with E-state index in [-0.39, 0.29) is 17.6 Å². The second-order valence-corrected chi connectivity index (χ2v) is 5.44. The molecule has 0 radical (unpaired) electrons. The van der Waals surface area contributed by atoms with Gasteiger partial charge in [0.25, 0.3) is 0 Å². The third kappa shape index (κ3) is 2.57. The van der Waals surface area contributed by atoms with Crippen LogP contribution < -0.4 is 5.32 Å². The molecule has 1 aliphatic rings. The van der Waals surface area contributed by atoms with Crippen molar-refractivity contribution in [1.29, 1.82) is 0 Å². The number of carbonyl (C=O) groups is 1. The van der Waals surface area contributed by atoms with Crippen LogP contribution in [0.2, 0.25) is 0 Å². The topological polar surface area (TPSA) is 49.3 Å². The van der Waals surface area contributed by atoms with E-state index in [0.717, 1.165) is 29.0 Å². The molecule has 2 N–H and O–H groups in total. The van der Waals surface area contributed by atoms with Gasteiger partial charge in [-0.05, 0) is 42.4 Å². The van der Waals surface area contributed by atoms with Crippen molar-refractivity contribution in [3.63, 3.8) is 0 Å². The lowest BCUT2D eigenvalue weighted by Crippen LogP contribution is -2.23. The Bertz CT molecular complexity index is 445. The molecule has 0 aromatic heterocycles. The molecule has 1 aromatic carbocycles. The van der Waals surface area contributed by atoms with Gasteiger partial charge >= 0.3 is 0 Å². The molecule has 3 nitrogen and oxygen atoms in total. The molecule has 1 aromatic rings. The fourth-order valence-electron chi connectivity index (χ4n) is 2.22. The fourth-order valence-corrected chi connectivity index (χ4v) is 2.74. The Morgan fingerprint density at radius 2 is 2.29 bits per heavy atom. The molecular weight excluding hydrogens is 234 g/mol. The molecule has 0 spiro atoms. The van der Waals surface area contributed by atoms with E-state index in [9.17, 15) is 9.90 Å². The lowest BCUT2D eigenvalue weighted by molar-refractivity contribution is -0.116. The number of nitrogens with one attached hydrogen (secondary N) is 1. The van der Waals surface area contributed by atoms with E-state index >= 15 is 0 Å². The maximum atomic E-state index is 11.6. The number of rotatable bonds is 3. The van der Waals surface area contributed by atoms with Crippen molar-refractivity contribution < 1.29 is 9.90 Å². The van der Waals surface area contributed by atoms with Crippen molar-refractivity contribution in [3.05, 3.63) is 23.3 Å². The first kappa shape index (κ1) is 12.3. The summed E-state index contributed by atoms with van der Waals surface area (Å²) in [6.07, 6.45) is 3.63. The summed E-state index contributed by atoms with van der Waals surface area (Å²) in [4.78, 5) is 11.6. The summed E-state index contributed by atoms with van der Waals surface area (Å²) in [5, 5.41) is 12.5. The van der Waals surface area contributed by atoms with Crippen LogP contribution in [0.5, 0.6) is 5.75 Å². The molecule has 0 fully saturated rings. The van der Waals surface area contributed by atoms with Crippen molar-refractivity contribution in [2.45, 2.75) is 25.7 Å². The highest BCUT2D eigenvalue weighted by Crippen LogP contribution is 2.38. The number of aromatic hydroxyl groups is 1. The van der Waals surface area contributed by atoms with Crippen LogP contribution >= 0.6 is 11.8 Å². The van der Waals surface area contributed by atoms with E-state index in [2.05, 4.69) is 11.6 Å². The monoisotopic (exact) mass is 251 g/mol. The van der Waals surface area contributed by atoms with Crippen LogP contribution in [0.3, 0.4) is 0 Å². The van der Waals surface area contributed by atoms with Crippen molar-refractivity contribution >= 4 is 23.4 Å². The van der Waals surface area contributed by atoms with Crippen LogP contribution in [0.25, 0.3) is 0 Å². The van der Waals surface area contributed by atoms with E-state index in [1.807, 2.05) is 13.0 Å². The Morgan fingerprint density at radius 3 is 3.00 bits per heavy atom. The maximum absolute atomic E-state index is 11.6. The average Bonchev–Trinajstić information content (AvgIpc) is 2.28. The van der Waals surface area contributed by atoms with Crippen LogP contribution in [-0.2, 0) is 4.79 Å². The Balaban J connectivity index is 2.34. The second-order valence-electron chi connectivity index (χ2n) is 4.46. The zero-order valence-corrected chi connectivity index (χ0v) is 10.9. The smallest absolute Gasteiger partial charge is 0.224 e. The molecule has 92 valence electrons. The van der Waals surface area contributed by atoms with Gasteiger partial charge in [-0.2, -0.15) is 11.8 Å². The number of benzene rings is 1. The number of amides is 1. The van der Waals surface area contributed by atoms with Crippen molar-refractivity contribution in [1.82, 2.24) is 0 Å². The fraction of sp³-hybridized carbons (Fsp3) is 0.462. The van der Waals surface area contributed by atoms with Gasteiger partial charge in [-0.15, -0.1) is 0 Å². The van der Waals surface area contributed by atoms with Crippen LogP contribution in [0.15, 0.2) is 12.1 Å². The molecule has 2 rings (SSSR count). The molecule has 17 heavy (non-hydrogen) atoms. The number of phenolic OH excluding ortho intramolecular Hbond substituents is 1. The van der Waals surface area contributed by atoms with Gasteiger partial charge in [-0.25, -0.2) is 0 Å². The first-order valence-corrected chi connectivity index (χ1v) is 7.13. The van der Waals surface area contributed by atoms with E-state index in [1.54, 1.807) is 17.8 Å². The number of hydrogen-bond donors (Lipinski definition) is 2. The summed E-state index contributed by atoms with van der Waals surface area (Å²) >= 11 is 1.80. The number of hydrogen-bond acceptors (Lipinski definition) is 3. The Kier molecular flexibility index (Phi) is 3.62. The largest absolute Gasteiger partial charge is 0.508 e. The van der Waals surface area contributed by atoms with Gasteiger partial charge < -0.3 is 10.4 Å². The molecule has 1 atom stereocenters. The summed E-state index contributed by atoms with van der Waals surface area (Å²) in [7, 11) is 0. The summed E-state index contributed by atoms with van der Waals surface area (Å²) in [5.74, 6) is 1.63. The summed E-state index contributed by atoms with van der Waals surface area (Å²) in [6.45, 7) is 1.89. The van der Waals surface area contributed by atoms with Gasteiger partial charge in [0.1, 0.15) is 5.75 Å². The van der Waals surface area contributed by atoms with Crippen LogP contribution in [-0.4, -0.2) is 23.0 Å². The van der Waals surface area contributed by atoms with Gasteiger partial charge in [0.15, 0.2) is 0 Å². The lowest BCUT2D eigenvalue weighted by atomic mass is 9.87. The van der Waals surface area contributed by atoms with Crippen molar-refractivity contribution in [2.75, 3.05) is 17.3 Å². The molecule has 0 unspecified atom stereocenters. The Morgan fingerprint density at radius 1 is 1.53 bits per heavy atom. The summed E-state index contributed by atoms with van der Waals surface area (Å²) in [5.41, 5.74) is 2.80. The van der Waals surface area contributed by atoms with E-state index in [0.29, 0.717) is 6.42 Å². The molecule has 1 heterocycles. The lowest BCUT2D eigenvalue weighted by Gasteiger charge is -2.26. The molecule has 0 bridgehead atoms. The van der Waals surface area contributed by atoms with E-state index in [1.165, 1.54) is 0 Å². The van der Waals surface area contributed by atoms with Crippen LogP contribution in [0, 0.1) is 6.92 Å². The molecule has 0 saturated heterocycles. The van der Waals surface area contributed by atoms with Crippen LogP contribution in [0.4, 0.5) is 5.69 Å². The Labute approximate surface area is 106 Å². The van der Waals surface area contributed by atoms with Gasteiger partial charge in [0.2, 0.25) is 5.91 Å². The quantitative estimate of drug-likeness (QED) is 0.868. The molecule has 0 saturated carbocycles. The molecule has 1 aliphatic heterocycles. The molecule has 4 heteroatoms. The molecule has 0 aliphatic carbocycles. The number of phenols is 1. The number of thioether (sulfide) groups is 1. The summed E-state index contributed by atoms with van der Waals surface area (Å²) in [6, 6.07) is 3.66. The van der Waals surface area contributed by atoms with Crippen molar-refractivity contribution in [3.8, 4) is 5.75 Å². The van der Waals surface area contributed by atoms with Crippen LogP contribution in [0.1, 0.15) is 29.9 Å². The predicted molar refractivity (Wildman–Crippen MR) is 71.8 cm³/mol. The average molecular weight is 251 g/mol. The standard InChI is InChI=1S/C13H17NO2S/c1-8-5-10-9(3-4-17-2)6-13(16)14-11(10)7-12(8)15/h5,7,9,15H,3-4,6H2,1-2H3,(H,14,16)/t9-/m0/s1. The second kappa shape index (κ2) is 5.00. The first-order valence-electron chi connectivity index (χ1n) is 5.74. The first-order chi connectivity index (χ1) is 8.11. The Hall–Kier alpha value is -1.16. The molecule has 1 amide bonds. The summed E-state index contributed by atoms with van der Waals surface area (Å²) < 4.78 is 0. The molecular formula is C13H17NO2S. The van der Waals surface area contributed by atoms with Gasteiger partial charge in [0, 0.05) is 18.2 Å². The maximum Gasteiger partial charge on any atom is 0.224 e. The minimum atomic E-state index is 0.0480. The third-order valence-corrected chi connectivity index (χ3v) is 3.83. The third-order valence-electron chi connectivity index (χ3n) is 3.18. The normalized spacial score (nSPS) is 18.7. The highest BCUT2D eigenvalue weighted by molar-refractivity contribution is 7.98. The highest BCUT2D eigenvalue weighted by atomic mass is 32.2. The van der Waals surface area contributed by atoms with Gasteiger partial charge in [-0.3, -0.25) is 4.79 Å². The van der Waals surface area contributed by atoms with Crippen molar-refractivity contribution in [2.24, 2.45) is 0 Å². The zero-order chi connectivity index (χ0) is 12.4. The predicted octanol–water partition coefficient (Wildman–Crippen LogP) is 2.88. The number of fused-ring (bicyclic) bond motifs is 1. The SMILES string of the molecule is CSCC[C@H]1CC(=O)Nc2cc(O)c(C)cc21. The zero-order valence-electron chi connectivity index (χ0n) is 10.1.